The van der Waals surface area contributed by atoms with Gasteiger partial charge in [0.1, 0.15) is 5.75 Å². The van der Waals surface area contributed by atoms with E-state index in [0.29, 0.717) is 12.0 Å². The molecule has 1 atom stereocenters. The zero-order valence-corrected chi connectivity index (χ0v) is 14.2. The third-order valence-electron chi connectivity index (χ3n) is 4.46. The Morgan fingerprint density at radius 2 is 2.10 bits per heavy atom. The smallest absolute Gasteiger partial charge is 0.127 e. The van der Waals surface area contributed by atoms with E-state index < -0.39 is 0 Å². The number of hydrogen-bond donors (Lipinski definition) is 1. The quantitative estimate of drug-likeness (QED) is 0.871. The SMILES string of the molecule is CCCNC(c1cc(Br)cc2c1OCC2)C1CCOCC1. The van der Waals surface area contributed by atoms with Gasteiger partial charge in [0.25, 0.3) is 0 Å². The maximum atomic E-state index is 5.94. The van der Waals surface area contributed by atoms with Crippen molar-refractivity contribution in [1.29, 1.82) is 0 Å². The summed E-state index contributed by atoms with van der Waals surface area (Å²) in [6, 6.07) is 4.82. The van der Waals surface area contributed by atoms with Crippen molar-refractivity contribution in [1.82, 2.24) is 5.32 Å². The van der Waals surface area contributed by atoms with Crippen LogP contribution in [-0.2, 0) is 11.2 Å². The van der Waals surface area contributed by atoms with E-state index in [1.807, 2.05) is 0 Å². The van der Waals surface area contributed by atoms with Gasteiger partial charge in [0.05, 0.1) is 6.61 Å². The average Bonchev–Trinajstić information content (AvgIpc) is 2.96. The molecule has 21 heavy (non-hydrogen) atoms. The van der Waals surface area contributed by atoms with Crippen LogP contribution in [0.4, 0.5) is 0 Å². The van der Waals surface area contributed by atoms with Gasteiger partial charge in [-0.1, -0.05) is 22.9 Å². The molecular weight excluding hydrogens is 330 g/mol. The summed E-state index contributed by atoms with van der Waals surface area (Å²) in [6.07, 6.45) is 4.43. The molecule has 1 aromatic rings. The van der Waals surface area contributed by atoms with Gasteiger partial charge in [0.15, 0.2) is 0 Å². The van der Waals surface area contributed by atoms with Gasteiger partial charge in [0, 0.05) is 35.7 Å². The number of fused-ring (bicyclic) bond motifs is 1. The molecule has 0 saturated carbocycles. The fourth-order valence-electron chi connectivity index (χ4n) is 3.41. The highest BCUT2D eigenvalue weighted by Gasteiger charge is 2.30. The Balaban J connectivity index is 1.91. The molecule has 2 aliphatic rings. The molecule has 1 fully saturated rings. The lowest BCUT2D eigenvalue weighted by molar-refractivity contribution is 0.0533. The van der Waals surface area contributed by atoms with Crippen molar-refractivity contribution >= 4 is 15.9 Å². The molecule has 0 bridgehead atoms. The van der Waals surface area contributed by atoms with E-state index in [0.717, 1.165) is 62.3 Å². The molecule has 0 amide bonds. The average molecular weight is 354 g/mol. The molecule has 1 unspecified atom stereocenters. The van der Waals surface area contributed by atoms with E-state index in [1.54, 1.807) is 0 Å². The normalized spacial score (nSPS) is 20.1. The molecule has 3 rings (SSSR count). The van der Waals surface area contributed by atoms with Crippen molar-refractivity contribution in [2.45, 2.75) is 38.6 Å². The van der Waals surface area contributed by atoms with Gasteiger partial charge in [-0.05, 0) is 49.4 Å². The number of ether oxygens (including phenoxy) is 2. The Hall–Kier alpha value is -0.580. The first-order valence-electron chi connectivity index (χ1n) is 8.06. The van der Waals surface area contributed by atoms with Crippen LogP contribution in [0, 0.1) is 5.92 Å². The predicted octanol–water partition coefficient (Wildman–Crippen LogP) is 3.85. The first-order chi connectivity index (χ1) is 10.3. The van der Waals surface area contributed by atoms with Crippen LogP contribution in [0.3, 0.4) is 0 Å². The summed E-state index contributed by atoms with van der Waals surface area (Å²) in [5.74, 6) is 1.76. The maximum absolute atomic E-state index is 5.94. The Morgan fingerprint density at radius 1 is 1.29 bits per heavy atom. The van der Waals surface area contributed by atoms with E-state index in [9.17, 15) is 0 Å². The molecule has 4 heteroatoms. The van der Waals surface area contributed by atoms with Crippen molar-refractivity contribution < 1.29 is 9.47 Å². The first-order valence-corrected chi connectivity index (χ1v) is 8.85. The van der Waals surface area contributed by atoms with Crippen LogP contribution < -0.4 is 10.1 Å². The summed E-state index contributed by atoms with van der Waals surface area (Å²) in [4.78, 5) is 0. The van der Waals surface area contributed by atoms with Crippen LogP contribution in [0.15, 0.2) is 16.6 Å². The van der Waals surface area contributed by atoms with E-state index in [1.165, 1.54) is 11.1 Å². The van der Waals surface area contributed by atoms with Crippen LogP contribution in [0.5, 0.6) is 5.75 Å². The molecule has 1 N–H and O–H groups in total. The second-order valence-electron chi connectivity index (χ2n) is 5.96. The molecule has 1 saturated heterocycles. The summed E-state index contributed by atoms with van der Waals surface area (Å²) in [6.45, 7) is 5.84. The molecule has 0 radical (unpaired) electrons. The summed E-state index contributed by atoms with van der Waals surface area (Å²) in [5.41, 5.74) is 2.67. The number of hydrogen-bond acceptors (Lipinski definition) is 3. The second-order valence-corrected chi connectivity index (χ2v) is 6.88. The zero-order chi connectivity index (χ0) is 14.7. The van der Waals surface area contributed by atoms with E-state index in [4.69, 9.17) is 9.47 Å². The zero-order valence-electron chi connectivity index (χ0n) is 12.7. The minimum absolute atomic E-state index is 0.373. The molecule has 0 aliphatic carbocycles. The minimum Gasteiger partial charge on any atom is -0.493 e. The largest absolute Gasteiger partial charge is 0.493 e. The van der Waals surface area contributed by atoms with Gasteiger partial charge < -0.3 is 14.8 Å². The van der Waals surface area contributed by atoms with Crippen LogP contribution in [0.25, 0.3) is 0 Å². The fraction of sp³-hybridized carbons (Fsp3) is 0.647. The van der Waals surface area contributed by atoms with E-state index in [-0.39, 0.29) is 0 Å². The van der Waals surface area contributed by atoms with Crippen molar-refractivity contribution in [3.8, 4) is 5.75 Å². The fourth-order valence-corrected chi connectivity index (χ4v) is 3.93. The maximum Gasteiger partial charge on any atom is 0.127 e. The molecular formula is C17H24BrNO2. The van der Waals surface area contributed by atoms with Gasteiger partial charge in [-0.15, -0.1) is 0 Å². The number of nitrogens with one attached hydrogen (secondary N) is 1. The third kappa shape index (κ3) is 3.43. The molecule has 2 heterocycles. The van der Waals surface area contributed by atoms with Crippen LogP contribution in [-0.4, -0.2) is 26.4 Å². The lowest BCUT2D eigenvalue weighted by Gasteiger charge is -2.32. The van der Waals surface area contributed by atoms with Crippen molar-refractivity contribution in [3.05, 3.63) is 27.7 Å². The molecule has 0 aromatic heterocycles. The molecule has 116 valence electrons. The molecule has 2 aliphatic heterocycles. The number of rotatable bonds is 5. The van der Waals surface area contributed by atoms with Crippen LogP contribution in [0.1, 0.15) is 43.4 Å². The lowest BCUT2D eigenvalue weighted by atomic mass is 9.86. The Kier molecular flexibility index (Phi) is 5.19. The van der Waals surface area contributed by atoms with Gasteiger partial charge in [-0.3, -0.25) is 0 Å². The number of halogens is 1. The monoisotopic (exact) mass is 353 g/mol. The van der Waals surface area contributed by atoms with Gasteiger partial charge in [-0.25, -0.2) is 0 Å². The van der Waals surface area contributed by atoms with Crippen molar-refractivity contribution in [2.24, 2.45) is 5.92 Å². The highest BCUT2D eigenvalue weighted by atomic mass is 79.9. The molecule has 3 nitrogen and oxygen atoms in total. The van der Waals surface area contributed by atoms with Crippen LogP contribution in [0.2, 0.25) is 0 Å². The number of benzene rings is 1. The highest BCUT2D eigenvalue weighted by Crippen LogP contribution is 2.41. The summed E-state index contributed by atoms with van der Waals surface area (Å²) in [5, 5.41) is 3.76. The van der Waals surface area contributed by atoms with Crippen LogP contribution >= 0.6 is 15.9 Å². The van der Waals surface area contributed by atoms with Crippen molar-refractivity contribution in [2.75, 3.05) is 26.4 Å². The summed E-state index contributed by atoms with van der Waals surface area (Å²) >= 11 is 3.67. The van der Waals surface area contributed by atoms with E-state index in [2.05, 4.69) is 40.3 Å². The first kappa shape index (κ1) is 15.3. The van der Waals surface area contributed by atoms with Crippen molar-refractivity contribution in [3.63, 3.8) is 0 Å². The standard InChI is InChI=1S/C17H24BrNO2/c1-2-6-19-16(12-3-7-20-8-4-12)15-11-14(18)10-13-5-9-21-17(13)15/h10-12,16,19H,2-9H2,1H3. The Morgan fingerprint density at radius 3 is 2.86 bits per heavy atom. The lowest BCUT2D eigenvalue weighted by Crippen LogP contribution is -2.33. The van der Waals surface area contributed by atoms with Gasteiger partial charge in [-0.2, -0.15) is 0 Å². The van der Waals surface area contributed by atoms with Gasteiger partial charge in [0.2, 0.25) is 0 Å². The second kappa shape index (κ2) is 7.12. The van der Waals surface area contributed by atoms with E-state index >= 15 is 0 Å². The highest BCUT2D eigenvalue weighted by molar-refractivity contribution is 9.10. The third-order valence-corrected chi connectivity index (χ3v) is 4.92. The topological polar surface area (TPSA) is 30.5 Å². The summed E-state index contributed by atoms with van der Waals surface area (Å²) in [7, 11) is 0. The Labute approximate surface area is 135 Å². The Bertz CT molecular complexity index is 486. The minimum atomic E-state index is 0.373. The molecule has 0 spiro atoms. The predicted molar refractivity (Wildman–Crippen MR) is 87.9 cm³/mol. The summed E-state index contributed by atoms with van der Waals surface area (Å²) < 4.78 is 12.6. The molecule has 1 aromatic carbocycles. The van der Waals surface area contributed by atoms with Gasteiger partial charge >= 0.3 is 0 Å².